The second-order valence-electron chi connectivity index (χ2n) is 4.34. The van der Waals surface area contributed by atoms with E-state index in [0.717, 1.165) is 13.0 Å². The average molecular weight is 240 g/mol. The molecule has 0 saturated carbocycles. The van der Waals surface area contributed by atoms with Crippen LogP contribution >= 0.6 is 0 Å². The summed E-state index contributed by atoms with van der Waals surface area (Å²) in [7, 11) is 1.74. The van der Waals surface area contributed by atoms with Crippen LogP contribution in [0.15, 0.2) is 6.33 Å². The van der Waals surface area contributed by atoms with Crippen molar-refractivity contribution in [3.05, 3.63) is 16.4 Å². The van der Waals surface area contributed by atoms with Gasteiger partial charge in [-0.05, 0) is 23.3 Å². The number of nitrogens with one attached hydrogen (secondary N) is 1. The molecule has 0 aromatic carbocycles. The highest BCUT2D eigenvalue weighted by atomic mass is 16.6. The zero-order chi connectivity index (χ0) is 12.4. The number of nitrogens with zero attached hydrogens (tertiary/aromatic N) is 3. The highest BCUT2D eigenvalue weighted by molar-refractivity contribution is 5.52. The van der Waals surface area contributed by atoms with Gasteiger partial charge >= 0.3 is 5.82 Å². The molecule has 0 radical (unpaired) electrons. The van der Waals surface area contributed by atoms with E-state index in [1.165, 1.54) is 6.33 Å². The van der Waals surface area contributed by atoms with Crippen molar-refractivity contribution in [3.8, 4) is 0 Å². The number of hydrogen-bond acceptors (Lipinski definition) is 5. The lowest BCUT2D eigenvalue weighted by Crippen LogP contribution is -2.27. The second-order valence-corrected chi connectivity index (χ2v) is 4.34. The van der Waals surface area contributed by atoms with E-state index >= 15 is 0 Å². The molecule has 1 aromatic heterocycles. The molecular weight excluding hydrogens is 224 g/mol. The second kappa shape index (κ2) is 4.70. The Morgan fingerprint density at radius 1 is 1.76 bits per heavy atom. The fourth-order valence-electron chi connectivity index (χ4n) is 2.00. The van der Waals surface area contributed by atoms with Gasteiger partial charge in [-0.3, -0.25) is 4.57 Å². The van der Waals surface area contributed by atoms with Gasteiger partial charge in [0.05, 0.1) is 6.61 Å². The molecule has 0 bridgehead atoms. The van der Waals surface area contributed by atoms with Crippen LogP contribution in [-0.2, 0) is 11.8 Å². The van der Waals surface area contributed by atoms with E-state index in [1.54, 1.807) is 11.6 Å². The average Bonchev–Trinajstić information content (AvgIpc) is 2.89. The van der Waals surface area contributed by atoms with Gasteiger partial charge in [-0.25, -0.2) is 0 Å². The van der Waals surface area contributed by atoms with Gasteiger partial charge in [0, 0.05) is 25.6 Å². The molecule has 1 aliphatic heterocycles. The minimum absolute atomic E-state index is 0.127. The highest BCUT2D eigenvalue weighted by Gasteiger charge is 2.27. The standard InChI is InChI=1S/C10H16N4O3/c1-7(8-3-4-17-5-8)12-10-9(14(15)16)11-6-13(10)2/h6-8,12H,3-5H2,1-2H3. The normalized spacial score (nSPS) is 21.4. The fraction of sp³-hybridized carbons (Fsp3) is 0.700. The van der Waals surface area contributed by atoms with Gasteiger partial charge in [0.2, 0.25) is 12.1 Å². The number of aryl methyl sites for hydroxylation is 1. The fourth-order valence-corrected chi connectivity index (χ4v) is 2.00. The van der Waals surface area contributed by atoms with Crippen molar-refractivity contribution in [2.24, 2.45) is 13.0 Å². The van der Waals surface area contributed by atoms with Crippen LogP contribution in [-0.4, -0.2) is 33.7 Å². The molecule has 0 spiro atoms. The number of ether oxygens (including phenoxy) is 1. The summed E-state index contributed by atoms with van der Waals surface area (Å²) in [4.78, 5) is 14.1. The van der Waals surface area contributed by atoms with E-state index < -0.39 is 4.92 Å². The van der Waals surface area contributed by atoms with Gasteiger partial charge in [0.25, 0.3) is 0 Å². The third kappa shape index (κ3) is 2.38. The zero-order valence-electron chi connectivity index (χ0n) is 9.92. The lowest BCUT2D eigenvalue weighted by Gasteiger charge is -2.19. The number of aromatic nitrogens is 2. The molecule has 17 heavy (non-hydrogen) atoms. The van der Waals surface area contributed by atoms with Crippen LogP contribution in [0.3, 0.4) is 0 Å². The van der Waals surface area contributed by atoms with E-state index in [9.17, 15) is 10.1 Å². The van der Waals surface area contributed by atoms with Crippen LogP contribution in [0.1, 0.15) is 13.3 Å². The Morgan fingerprint density at radius 3 is 3.12 bits per heavy atom. The van der Waals surface area contributed by atoms with Crippen molar-refractivity contribution < 1.29 is 9.66 Å². The summed E-state index contributed by atoms with van der Waals surface area (Å²) in [6, 6.07) is 0.131. The van der Waals surface area contributed by atoms with Gasteiger partial charge < -0.3 is 20.2 Å². The monoisotopic (exact) mass is 240 g/mol. The van der Waals surface area contributed by atoms with Gasteiger partial charge in [-0.1, -0.05) is 0 Å². The summed E-state index contributed by atoms with van der Waals surface area (Å²) < 4.78 is 6.94. The van der Waals surface area contributed by atoms with Crippen LogP contribution in [0.25, 0.3) is 0 Å². The van der Waals surface area contributed by atoms with Crippen molar-refractivity contribution in [2.45, 2.75) is 19.4 Å². The molecule has 2 unspecified atom stereocenters. The van der Waals surface area contributed by atoms with Crippen molar-refractivity contribution in [1.82, 2.24) is 9.55 Å². The predicted molar refractivity (Wildman–Crippen MR) is 61.9 cm³/mol. The van der Waals surface area contributed by atoms with Crippen LogP contribution in [0.2, 0.25) is 0 Å². The van der Waals surface area contributed by atoms with Crippen molar-refractivity contribution in [1.29, 1.82) is 0 Å². The first-order valence-electron chi connectivity index (χ1n) is 5.59. The van der Waals surface area contributed by atoms with Crippen molar-refractivity contribution in [3.63, 3.8) is 0 Å². The summed E-state index contributed by atoms with van der Waals surface area (Å²) in [5.41, 5.74) is 0. The molecule has 2 heterocycles. The topological polar surface area (TPSA) is 82.2 Å². The Hall–Kier alpha value is -1.63. The SMILES string of the molecule is CC(Nc1c([N+](=O)[O-])ncn1C)C1CCOC1. The van der Waals surface area contributed by atoms with E-state index in [0.29, 0.717) is 18.3 Å². The van der Waals surface area contributed by atoms with E-state index in [2.05, 4.69) is 10.3 Å². The van der Waals surface area contributed by atoms with E-state index in [-0.39, 0.29) is 11.9 Å². The quantitative estimate of drug-likeness (QED) is 0.631. The molecule has 1 aliphatic rings. The minimum atomic E-state index is -0.472. The van der Waals surface area contributed by atoms with Gasteiger partial charge in [-0.15, -0.1) is 0 Å². The Balaban J connectivity index is 2.11. The first-order valence-corrected chi connectivity index (χ1v) is 5.59. The maximum atomic E-state index is 10.8. The molecule has 1 fully saturated rings. The molecule has 1 N–H and O–H groups in total. The Kier molecular flexibility index (Phi) is 3.28. The molecule has 2 atom stereocenters. The lowest BCUT2D eigenvalue weighted by atomic mass is 10.0. The highest BCUT2D eigenvalue weighted by Crippen LogP contribution is 2.25. The summed E-state index contributed by atoms with van der Waals surface area (Å²) in [6.45, 7) is 3.49. The number of rotatable bonds is 4. The number of hydrogen-bond donors (Lipinski definition) is 1. The summed E-state index contributed by atoms with van der Waals surface area (Å²) >= 11 is 0. The van der Waals surface area contributed by atoms with Crippen molar-refractivity contribution >= 4 is 11.6 Å². The molecule has 94 valence electrons. The van der Waals surface area contributed by atoms with Gasteiger partial charge in [-0.2, -0.15) is 0 Å². The van der Waals surface area contributed by atoms with Crippen LogP contribution in [0.4, 0.5) is 11.6 Å². The molecule has 0 aliphatic carbocycles. The maximum absolute atomic E-state index is 10.8. The Morgan fingerprint density at radius 2 is 2.53 bits per heavy atom. The van der Waals surface area contributed by atoms with Gasteiger partial charge in [0.15, 0.2) is 0 Å². The number of nitro groups is 1. The van der Waals surface area contributed by atoms with Gasteiger partial charge in [0.1, 0.15) is 0 Å². The first kappa shape index (κ1) is 11.8. The summed E-state index contributed by atoms with van der Waals surface area (Å²) in [6.07, 6.45) is 2.43. The minimum Gasteiger partial charge on any atom is -0.381 e. The Labute approximate surface area is 98.9 Å². The van der Waals surface area contributed by atoms with Crippen LogP contribution < -0.4 is 5.32 Å². The maximum Gasteiger partial charge on any atom is 0.406 e. The molecular formula is C10H16N4O3. The molecule has 1 aromatic rings. The van der Waals surface area contributed by atoms with Crippen molar-refractivity contribution in [2.75, 3.05) is 18.5 Å². The van der Waals surface area contributed by atoms with E-state index in [4.69, 9.17) is 4.74 Å². The Bertz CT molecular complexity index is 412. The third-order valence-corrected chi connectivity index (χ3v) is 3.13. The lowest BCUT2D eigenvalue weighted by molar-refractivity contribution is -0.388. The molecule has 0 amide bonds. The molecule has 7 nitrogen and oxygen atoms in total. The number of anilines is 1. The largest absolute Gasteiger partial charge is 0.406 e. The number of imidazole rings is 1. The first-order chi connectivity index (χ1) is 8.09. The van der Waals surface area contributed by atoms with E-state index in [1.807, 2.05) is 6.92 Å². The summed E-state index contributed by atoms with van der Waals surface area (Å²) in [5, 5.41) is 14.0. The molecule has 2 rings (SSSR count). The molecule has 7 heteroatoms. The third-order valence-electron chi connectivity index (χ3n) is 3.13. The van der Waals surface area contributed by atoms with Crippen LogP contribution in [0.5, 0.6) is 0 Å². The van der Waals surface area contributed by atoms with Crippen LogP contribution in [0, 0.1) is 16.0 Å². The smallest absolute Gasteiger partial charge is 0.381 e. The predicted octanol–water partition coefficient (Wildman–Crippen LogP) is 1.17. The zero-order valence-corrected chi connectivity index (χ0v) is 9.92. The summed E-state index contributed by atoms with van der Waals surface area (Å²) in [5.74, 6) is 0.720. The molecule has 1 saturated heterocycles.